The van der Waals surface area contributed by atoms with Gasteiger partial charge in [0.15, 0.2) is 5.17 Å². The fourth-order valence-corrected chi connectivity index (χ4v) is 4.45. The number of hydrogen-bond acceptors (Lipinski definition) is 3. The molecule has 1 fully saturated rings. The van der Waals surface area contributed by atoms with Gasteiger partial charge in [-0.2, -0.15) is 0 Å². The van der Waals surface area contributed by atoms with E-state index >= 15 is 0 Å². The zero-order valence-electron chi connectivity index (χ0n) is 16.7. The predicted octanol–water partition coefficient (Wildman–Crippen LogP) is 6.60. The second kappa shape index (κ2) is 8.34. The fraction of sp³-hybridized carbons (Fsp3) is 0.130. The van der Waals surface area contributed by atoms with Gasteiger partial charge in [0.25, 0.3) is 5.91 Å². The van der Waals surface area contributed by atoms with Gasteiger partial charge in [-0.05, 0) is 92.2 Å². The molecule has 1 aliphatic rings. The zero-order valence-corrected chi connectivity index (χ0v) is 19.0. The topological polar surface area (TPSA) is 46.4 Å². The number of aromatic nitrogens is 1. The summed E-state index contributed by atoms with van der Waals surface area (Å²) in [4.78, 5) is 17.6. The monoisotopic (exact) mass is 455 g/mol. The van der Waals surface area contributed by atoms with Gasteiger partial charge in [-0.3, -0.25) is 4.79 Å². The summed E-state index contributed by atoms with van der Waals surface area (Å²) < 4.78 is 2.14. The van der Waals surface area contributed by atoms with Crippen molar-refractivity contribution < 1.29 is 4.79 Å². The summed E-state index contributed by atoms with van der Waals surface area (Å²) in [7, 11) is 0. The minimum absolute atomic E-state index is 0.159. The summed E-state index contributed by atoms with van der Waals surface area (Å²) in [5, 5.41) is 4.71. The number of hydrogen-bond donors (Lipinski definition) is 1. The molecule has 1 amide bonds. The molecule has 0 radical (unpaired) electrons. The van der Waals surface area contributed by atoms with Gasteiger partial charge in [0, 0.05) is 27.1 Å². The van der Waals surface area contributed by atoms with Gasteiger partial charge < -0.3 is 9.88 Å². The molecule has 0 atom stereocenters. The summed E-state index contributed by atoms with van der Waals surface area (Å²) in [6, 6.07) is 15.3. The van der Waals surface area contributed by atoms with Crippen LogP contribution in [0.1, 0.15) is 22.5 Å². The summed E-state index contributed by atoms with van der Waals surface area (Å²) in [6.45, 7) is 6.01. The van der Waals surface area contributed by atoms with E-state index in [1.807, 2.05) is 63.2 Å². The summed E-state index contributed by atoms with van der Waals surface area (Å²) in [5.74, 6) is -0.159. The second-order valence-corrected chi connectivity index (χ2v) is 8.93. The highest BCUT2D eigenvalue weighted by Gasteiger charge is 2.24. The van der Waals surface area contributed by atoms with Crippen molar-refractivity contribution in [2.75, 3.05) is 0 Å². The maximum Gasteiger partial charge on any atom is 0.264 e. The van der Waals surface area contributed by atoms with Gasteiger partial charge in [0.1, 0.15) is 0 Å². The quantitative estimate of drug-likeness (QED) is 0.452. The summed E-state index contributed by atoms with van der Waals surface area (Å²) in [6.07, 6.45) is 1.90. The van der Waals surface area contributed by atoms with Crippen molar-refractivity contribution in [1.82, 2.24) is 9.88 Å². The van der Waals surface area contributed by atoms with Crippen molar-refractivity contribution in [2.45, 2.75) is 20.8 Å². The van der Waals surface area contributed by atoms with Crippen molar-refractivity contribution in [3.8, 4) is 5.69 Å². The average Bonchev–Trinajstić information content (AvgIpc) is 3.18. The normalized spacial score (nSPS) is 16.5. The molecule has 2 aromatic carbocycles. The lowest BCUT2D eigenvalue weighted by Crippen LogP contribution is -2.19. The summed E-state index contributed by atoms with van der Waals surface area (Å²) in [5.41, 5.74) is 5.83. The number of benzene rings is 2. The first-order valence-corrected chi connectivity index (χ1v) is 10.9. The molecule has 1 N–H and O–H groups in total. The largest absolute Gasteiger partial charge is 0.318 e. The molecule has 1 saturated heterocycles. The average molecular weight is 456 g/mol. The third-order valence-electron chi connectivity index (χ3n) is 4.88. The third kappa shape index (κ3) is 4.19. The van der Waals surface area contributed by atoms with E-state index < -0.39 is 0 Å². The Morgan fingerprint density at radius 1 is 1.03 bits per heavy atom. The number of nitrogens with one attached hydrogen (secondary N) is 1. The molecule has 7 heteroatoms. The molecule has 0 bridgehead atoms. The van der Waals surface area contributed by atoms with Crippen molar-refractivity contribution in [3.63, 3.8) is 0 Å². The molecule has 0 saturated carbocycles. The summed E-state index contributed by atoms with van der Waals surface area (Å²) >= 11 is 13.5. The van der Waals surface area contributed by atoms with Gasteiger partial charge in [0.05, 0.1) is 10.6 Å². The molecular formula is C23H19Cl2N3OS. The predicted molar refractivity (Wildman–Crippen MR) is 127 cm³/mol. The van der Waals surface area contributed by atoms with Crippen LogP contribution in [0, 0.1) is 20.8 Å². The first-order chi connectivity index (χ1) is 14.3. The first-order valence-electron chi connectivity index (χ1n) is 9.32. The number of amidine groups is 1. The molecular weight excluding hydrogens is 437 g/mol. The fourth-order valence-electron chi connectivity index (χ4n) is 3.31. The Balaban J connectivity index is 1.63. The smallest absolute Gasteiger partial charge is 0.264 e. The van der Waals surface area contributed by atoms with Crippen LogP contribution in [-0.4, -0.2) is 15.6 Å². The third-order valence-corrected chi connectivity index (χ3v) is 6.45. The first kappa shape index (κ1) is 20.8. The van der Waals surface area contributed by atoms with E-state index in [-0.39, 0.29) is 5.91 Å². The van der Waals surface area contributed by atoms with Crippen LogP contribution in [0.15, 0.2) is 58.4 Å². The number of thioether (sulfide) groups is 1. The lowest BCUT2D eigenvalue weighted by molar-refractivity contribution is -0.115. The number of rotatable bonds is 3. The molecule has 3 aromatic rings. The number of carbonyl (C=O) groups is 1. The minimum Gasteiger partial charge on any atom is -0.318 e. The van der Waals surface area contributed by atoms with Crippen LogP contribution in [-0.2, 0) is 4.79 Å². The van der Waals surface area contributed by atoms with E-state index in [1.54, 1.807) is 6.07 Å². The van der Waals surface area contributed by atoms with Crippen molar-refractivity contribution in [2.24, 2.45) is 4.99 Å². The van der Waals surface area contributed by atoms with E-state index in [9.17, 15) is 4.79 Å². The zero-order chi connectivity index (χ0) is 21.4. The van der Waals surface area contributed by atoms with Gasteiger partial charge in [0.2, 0.25) is 0 Å². The van der Waals surface area contributed by atoms with Crippen LogP contribution in [0.25, 0.3) is 11.8 Å². The molecule has 0 unspecified atom stereocenters. The molecule has 0 spiro atoms. The Morgan fingerprint density at radius 3 is 2.47 bits per heavy atom. The highest BCUT2D eigenvalue weighted by Crippen LogP contribution is 2.31. The number of aliphatic imine (C=N–C) groups is 1. The van der Waals surface area contributed by atoms with E-state index in [2.05, 4.69) is 20.9 Å². The van der Waals surface area contributed by atoms with Crippen LogP contribution in [0.3, 0.4) is 0 Å². The Bertz CT molecular complexity index is 1210. The number of aryl methyl sites for hydroxylation is 2. The standard InChI is InChI=1S/C23H19Cl2N3OS/c1-13-4-7-18(12-20(13)25)26-23-27-22(29)21(30-23)11-16-10-14(2)28(15(16)3)19-8-5-17(24)6-9-19/h4-12H,1-3H3,(H,26,27,29)/b21-11-. The molecule has 0 aliphatic carbocycles. The number of carbonyl (C=O) groups excluding carboxylic acids is 1. The Hall–Kier alpha value is -2.47. The minimum atomic E-state index is -0.159. The molecule has 4 rings (SSSR count). The van der Waals surface area contributed by atoms with Crippen LogP contribution < -0.4 is 5.32 Å². The van der Waals surface area contributed by atoms with Crippen molar-refractivity contribution >= 4 is 57.8 Å². The lowest BCUT2D eigenvalue weighted by atomic mass is 10.2. The highest BCUT2D eigenvalue weighted by molar-refractivity contribution is 8.18. The number of halogens is 2. The molecule has 30 heavy (non-hydrogen) atoms. The van der Waals surface area contributed by atoms with Gasteiger partial charge in [-0.1, -0.05) is 29.3 Å². The maximum atomic E-state index is 12.5. The maximum absolute atomic E-state index is 12.5. The van der Waals surface area contributed by atoms with E-state index in [1.165, 1.54) is 11.8 Å². The lowest BCUT2D eigenvalue weighted by Gasteiger charge is -2.09. The van der Waals surface area contributed by atoms with E-state index in [0.29, 0.717) is 25.8 Å². The van der Waals surface area contributed by atoms with Gasteiger partial charge >= 0.3 is 0 Å². The van der Waals surface area contributed by atoms with Gasteiger partial charge in [-0.25, -0.2) is 4.99 Å². The second-order valence-electron chi connectivity index (χ2n) is 7.05. The SMILES string of the molecule is Cc1ccc(N=C2NC(=O)/C(=C/c3cc(C)n(-c4ccc(Cl)cc4)c3C)S2)cc1Cl. The Kier molecular flexibility index (Phi) is 5.78. The number of nitrogens with zero attached hydrogens (tertiary/aromatic N) is 2. The van der Waals surface area contributed by atoms with Crippen LogP contribution in [0.2, 0.25) is 10.0 Å². The van der Waals surface area contributed by atoms with Crippen molar-refractivity contribution in [1.29, 1.82) is 0 Å². The van der Waals surface area contributed by atoms with E-state index in [4.69, 9.17) is 23.2 Å². The van der Waals surface area contributed by atoms with Crippen LogP contribution >= 0.6 is 35.0 Å². The Morgan fingerprint density at radius 2 is 1.77 bits per heavy atom. The molecule has 1 aliphatic heterocycles. The number of amides is 1. The molecule has 1 aromatic heterocycles. The molecule has 2 heterocycles. The van der Waals surface area contributed by atoms with E-state index in [0.717, 1.165) is 28.2 Å². The van der Waals surface area contributed by atoms with Gasteiger partial charge in [-0.15, -0.1) is 0 Å². The van der Waals surface area contributed by atoms with Crippen LogP contribution in [0.4, 0.5) is 5.69 Å². The van der Waals surface area contributed by atoms with Crippen LogP contribution in [0.5, 0.6) is 0 Å². The molecule has 152 valence electrons. The molecule has 4 nitrogen and oxygen atoms in total. The highest BCUT2D eigenvalue weighted by atomic mass is 35.5. The Labute approximate surface area is 189 Å². The van der Waals surface area contributed by atoms with Crippen molar-refractivity contribution in [3.05, 3.63) is 86.0 Å².